The Bertz CT molecular complexity index is 465. The molecule has 0 radical (unpaired) electrons. The monoisotopic (exact) mass is 284 g/mol. The zero-order valence-electron chi connectivity index (χ0n) is 10.9. The minimum absolute atomic E-state index is 0.0466. The van der Waals surface area contributed by atoms with E-state index in [1.165, 1.54) is 31.4 Å². The second kappa shape index (κ2) is 8.08. The third kappa shape index (κ3) is 5.63. The third-order valence-electron chi connectivity index (χ3n) is 2.29. The van der Waals surface area contributed by atoms with E-state index in [0.717, 1.165) is 0 Å². The highest BCUT2D eigenvalue weighted by Crippen LogP contribution is 2.18. The SMILES string of the molecule is COCC(O)CNC(=O)COc1cccc([N+](=O)[O-])c1. The number of nitro groups is 1. The molecule has 110 valence electrons. The number of nitro benzene ring substituents is 1. The Balaban J connectivity index is 2.37. The molecule has 0 aromatic heterocycles. The molecule has 0 aliphatic rings. The summed E-state index contributed by atoms with van der Waals surface area (Å²) in [5.41, 5.74) is -0.113. The maximum absolute atomic E-state index is 11.4. The smallest absolute Gasteiger partial charge is 0.273 e. The van der Waals surface area contributed by atoms with E-state index in [1.807, 2.05) is 0 Å². The number of hydrogen-bond donors (Lipinski definition) is 2. The molecule has 2 N–H and O–H groups in total. The Kier molecular flexibility index (Phi) is 6.41. The van der Waals surface area contributed by atoms with Crippen molar-refractivity contribution < 1.29 is 24.3 Å². The summed E-state index contributed by atoms with van der Waals surface area (Å²) < 4.78 is 9.83. The Morgan fingerprint density at radius 3 is 2.95 bits per heavy atom. The molecule has 0 saturated carbocycles. The van der Waals surface area contributed by atoms with Crippen LogP contribution < -0.4 is 10.1 Å². The molecule has 0 bridgehead atoms. The lowest BCUT2D eigenvalue weighted by molar-refractivity contribution is -0.384. The number of nitrogens with zero attached hydrogens (tertiary/aromatic N) is 1. The molecular weight excluding hydrogens is 268 g/mol. The highest BCUT2D eigenvalue weighted by Gasteiger charge is 2.09. The first-order chi connectivity index (χ1) is 9.52. The lowest BCUT2D eigenvalue weighted by Crippen LogP contribution is -2.36. The summed E-state index contributed by atoms with van der Waals surface area (Å²) in [6.45, 7) is -0.127. The first-order valence-electron chi connectivity index (χ1n) is 5.84. The van der Waals surface area contributed by atoms with E-state index >= 15 is 0 Å². The van der Waals surface area contributed by atoms with Gasteiger partial charge in [0, 0.05) is 19.7 Å². The fourth-order valence-electron chi connectivity index (χ4n) is 1.37. The van der Waals surface area contributed by atoms with Gasteiger partial charge >= 0.3 is 0 Å². The van der Waals surface area contributed by atoms with Gasteiger partial charge in [0.25, 0.3) is 11.6 Å². The van der Waals surface area contributed by atoms with Crippen molar-refractivity contribution in [2.24, 2.45) is 0 Å². The lowest BCUT2D eigenvalue weighted by atomic mass is 10.3. The molecular formula is C12H16N2O6. The van der Waals surface area contributed by atoms with Gasteiger partial charge in [-0.3, -0.25) is 14.9 Å². The molecule has 0 saturated heterocycles. The van der Waals surface area contributed by atoms with Gasteiger partial charge in [-0.1, -0.05) is 6.07 Å². The van der Waals surface area contributed by atoms with Crippen molar-refractivity contribution in [3.63, 3.8) is 0 Å². The molecule has 1 aromatic rings. The summed E-state index contributed by atoms with van der Waals surface area (Å²) in [5, 5.41) is 22.3. The third-order valence-corrected chi connectivity index (χ3v) is 2.29. The normalized spacial score (nSPS) is 11.7. The minimum Gasteiger partial charge on any atom is -0.484 e. The standard InChI is InChI=1S/C12H16N2O6/c1-19-7-10(15)6-13-12(16)8-20-11-4-2-3-9(5-11)14(17)18/h2-5,10,15H,6-8H2,1H3,(H,13,16). The predicted octanol–water partition coefficient (Wildman–Crippen LogP) is 0.0971. The number of aliphatic hydroxyl groups excluding tert-OH is 1. The number of ether oxygens (including phenoxy) is 2. The quantitative estimate of drug-likeness (QED) is 0.517. The van der Waals surface area contributed by atoms with Crippen molar-refractivity contribution in [1.29, 1.82) is 0 Å². The van der Waals surface area contributed by atoms with E-state index in [-0.39, 0.29) is 31.2 Å². The number of nitrogens with one attached hydrogen (secondary N) is 1. The zero-order chi connectivity index (χ0) is 15.0. The molecule has 20 heavy (non-hydrogen) atoms. The van der Waals surface area contributed by atoms with Crippen molar-refractivity contribution in [2.75, 3.05) is 26.9 Å². The van der Waals surface area contributed by atoms with Crippen LogP contribution in [0.1, 0.15) is 0 Å². The van der Waals surface area contributed by atoms with Crippen LogP contribution in [0.3, 0.4) is 0 Å². The van der Waals surface area contributed by atoms with Crippen LogP contribution in [0, 0.1) is 10.1 Å². The molecule has 1 aromatic carbocycles. The van der Waals surface area contributed by atoms with E-state index in [2.05, 4.69) is 5.32 Å². The van der Waals surface area contributed by atoms with Gasteiger partial charge in [-0.05, 0) is 6.07 Å². The number of non-ortho nitro benzene ring substituents is 1. The molecule has 1 amide bonds. The summed E-state index contributed by atoms with van der Waals surface area (Å²) in [4.78, 5) is 21.4. The Hall–Kier alpha value is -2.19. The summed E-state index contributed by atoms with van der Waals surface area (Å²) >= 11 is 0. The molecule has 0 spiro atoms. The van der Waals surface area contributed by atoms with E-state index in [4.69, 9.17) is 9.47 Å². The second-order valence-corrected chi connectivity index (χ2v) is 3.96. The number of benzene rings is 1. The molecule has 0 aliphatic heterocycles. The fraction of sp³-hybridized carbons (Fsp3) is 0.417. The van der Waals surface area contributed by atoms with E-state index in [9.17, 15) is 20.0 Å². The number of hydrogen-bond acceptors (Lipinski definition) is 6. The van der Waals surface area contributed by atoms with Gasteiger partial charge in [-0.2, -0.15) is 0 Å². The molecule has 1 atom stereocenters. The molecule has 0 fully saturated rings. The Morgan fingerprint density at radius 1 is 1.55 bits per heavy atom. The molecule has 1 unspecified atom stereocenters. The van der Waals surface area contributed by atoms with E-state index < -0.39 is 16.9 Å². The van der Waals surface area contributed by atoms with Gasteiger partial charge in [0.15, 0.2) is 6.61 Å². The zero-order valence-corrected chi connectivity index (χ0v) is 10.9. The number of methoxy groups -OCH3 is 1. The summed E-state index contributed by atoms with van der Waals surface area (Å²) in [6, 6.07) is 5.54. The van der Waals surface area contributed by atoms with Crippen molar-refractivity contribution in [1.82, 2.24) is 5.32 Å². The largest absolute Gasteiger partial charge is 0.484 e. The van der Waals surface area contributed by atoms with Gasteiger partial charge in [0.2, 0.25) is 0 Å². The summed E-state index contributed by atoms with van der Waals surface area (Å²) in [6.07, 6.45) is -0.790. The van der Waals surface area contributed by atoms with Crippen LogP contribution >= 0.6 is 0 Å². The average Bonchev–Trinajstić information content (AvgIpc) is 2.43. The van der Waals surface area contributed by atoms with Gasteiger partial charge in [-0.25, -0.2) is 0 Å². The first-order valence-corrected chi connectivity index (χ1v) is 5.84. The number of amides is 1. The van der Waals surface area contributed by atoms with Gasteiger partial charge in [-0.15, -0.1) is 0 Å². The molecule has 0 heterocycles. The number of carbonyl (C=O) groups excluding carboxylic acids is 1. The minimum atomic E-state index is -0.790. The second-order valence-electron chi connectivity index (χ2n) is 3.96. The van der Waals surface area contributed by atoms with Crippen LogP contribution in [0.15, 0.2) is 24.3 Å². The maximum Gasteiger partial charge on any atom is 0.273 e. The number of carbonyl (C=O) groups is 1. The number of aliphatic hydroxyl groups is 1. The topological polar surface area (TPSA) is 111 Å². The Labute approximate surface area is 115 Å². The van der Waals surface area contributed by atoms with Crippen LogP contribution in [0.4, 0.5) is 5.69 Å². The first kappa shape index (κ1) is 15.9. The van der Waals surface area contributed by atoms with Gasteiger partial charge in [0.1, 0.15) is 5.75 Å². The molecule has 8 nitrogen and oxygen atoms in total. The highest BCUT2D eigenvalue weighted by molar-refractivity contribution is 5.77. The molecule has 8 heteroatoms. The molecule has 0 aliphatic carbocycles. The van der Waals surface area contributed by atoms with Crippen LogP contribution in [-0.2, 0) is 9.53 Å². The van der Waals surface area contributed by atoms with Crippen LogP contribution in [-0.4, -0.2) is 48.9 Å². The van der Waals surface area contributed by atoms with E-state index in [0.29, 0.717) is 0 Å². The van der Waals surface area contributed by atoms with Crippen molar-refractivity contribution >= 4 is 11.6 Å². The Morgan fingerprint density at radius 2 is 2.30 bits per heavy atom. The summed E-state index contributed by atoms with van der Waals surface area (Å²) in [7, 11) is 1.44. The molecule has 1 rings (SSSR count). The fourth-order valence-corrected chi connectivity index (χ4v) is 1.37. The highest BCUT2D eigenvalue weighted by atomic mass is 16.6. The number of rotatable bonds is 8. The van der Waals surface area contributed by atoms with Crippen LogP contribution in [0.2, 0.25) is 0 Å². The maximum atomic E-state index is 11.4. The van der Waals surface area contributed by atoms with Crippen molar-refractivity contribution in [3.8, 4) is 5.75 Å². The van der Waals surface area contributed by atoms with Gasteiger partial charge < -0.3 is 19.9 Å². The van der Waals surface area contributed by atoms with Gasteiger partial charge in [0.05, 0.1) is 23.7 Å². The van der Waals surface area contributed by atoms with Crippen molar-refractivity contribution in [3.05, 3.63) is 34.4 Å². The van der Waals surface area contributed by atoms with Crippen molar-refractivity contribution in [2.45, 2.75) is 6.10 Å². The lowest BCUT2D eigenvalue weighted by Gasteiger charge is -2.11. The van der Waals surface area contributed by atoms with Crippen LogP contribution in [0.25, 0.3) is 0 Å². The average molecular weight is 284 g/mol. The summed E-state index contributed by atoms with van der Waals surface area (Å²) in [5.74, 6) is -0.210. The van der Waals surface area contributed by atoms with E-state index in [1.54, 1.807) is 0 Å². The predicted molar refractivity (Wildman–Crippen MR) is 69.5 cm³/mol. The van der Waals surface area contributed by atoms with Crippen LogP contribution in [0.5, 0.6) is 5.75 Å².